The Kier molecular flexibility index (Phi) is 15.1. The van der Waals surface area contributed by atoms with E-state index in [9.17, 15) is 0 Å². The molecule has 494 valence electrons. The Morgan fingerprint density at radius 3 is 0.892 bits per heavy atom. The van der Waals surface area contributed by atoms with Crippen molar-refractivity contribution in [2.24, 2.45) is 0 Å². The van der Waals surface area contributed by atoms with Crippen molar-refractivity contribution < 1.29 is 9.47 Å². The fourth-order valence-corrected chi connectivity index (χ4v) is 16.8. The van der Waals surface area contributed by atoms with Crippen molar-refractivity contribution in [1.29, 1.82) is 0 Å². The molecule has 0 saturated carbocycles. The molecule has 4 aliphatic carbocycles. The van der Waals surface area contributed by atoms with Crippen LogP contribution in [0.4, 0.5) is 34.1 Å². The first-order valence-corrected chi connectivity index (χ1v) is 36.2. The van der Waals surface area contributed by atoms with Crippen molar-refractivity contribution >= 4 is 34.1 Å². The van der Waals surface area contributed by atoms with Gasteiger partial charge in [0.15, 0.2) is 0 Å². The van der Waals surface area contributed by atoms with Gasteiger partial charge in [0.25, 0.3) is 0 Å². The lowest BCUT2D eigenvalue weighted by Gasteiger charge is -2.35. The molecule has 14 aromatic carbocycles. The molecule has 4 heteroatoms. The van der Waals surface area contributed by atoms with Gasteiger partial charge in [0.05, 0.1) is 10.8 Å². The second-order valence-electron chi connectivity index (χ2n) is 30.3. The maximum absolute atomic E-state index is 6.59. The van der Waals surface area contributed by atoms with Crippen LogP contribution in [-0.4, -0.2) is 0 Å². The Morgan fingerprint density at radius 2 is 0.549 bits per heavy atom. The van der Waals surface area contributed by atoms with E-state index in [0.717, 1.165) is 93.9 Å². The van der Waals surface area contributed by atoms with Crippen LogP contribution in [0.1, 0.15) is 119 Å². The molecule has 14 aromatic rings. The second kappa shape index (κ2) is 24.6. The minimum absolute atomic E-state index is 0.00951. The van der Waals surface area contributed by atoms with Gasteiger partial charge >= 0.3 is 0 Å². The molecular weight excluding hydrogens is 1240 g/mol. The minimum Gasteiger partial charge on any atom is -0.457 e. The lowest BCUT2D eigenvalue weighted by Crippen LogP contribution is -2.29. The molecule has 2 unspecified atom stereocenters. The Labute approximate surface area is 600 Å². The maximum atomic E-state index is 6.59. The van der Waals surface area contributed by atoms with Gasteiger partial charge in [-0.25, -0.2) is 0 Å². The van der Waals surface area contributed by atoms with Crippen LogP contribution >= 0.6 is 0 Å². The van der Waals surface area contributed by atoms with Crippen LogP contribution in [0.25, 0.3) is 33.4 Å². The number of rotatable bonds is 15. The van der Waals surface area contributed by atoms with Crippen LogP contribution in [0.15, 0.2) is 328 Å². The van der Waals surface area contributed by atoms with Crippen LogP contribution in [0, 0.1) is 0 Å². The molecule has 0 radical (unpaired) electrons. The van der Waals surface area contributed by atoms with E-state index in [1.807, 2.05) is 0 Å². The summed E-state index contributed by atoms with van der Waals surface area (Å²) < 4.78 is 13.2. The molecule has 18 rings (SSSR count). The molecule has 102 heavy (non-hydrogen) atoms. The van der Waals surface area contributed by atoms with Crippen molar-refractivity contribution in [3.05, 3.63) is 405 Å². The van der Waals surface area contributed by atoms with Gasteiger partial charge in [-0.05, 0) is 269 Å². The van der Waals surface area contributed by atoms with Gasteiger partial charge in [-0.3, -0.25) is 0 Å². The van der Waals surface area contributed by atoms with Crippen molar-refractivity contribution in [1.82, 2.24) is 0 Å². The number of aryl methyl sites for hydroxylation is 4. The number of benzene rings is 14. The third-order valence-corrected chi connectivity index (χ3v) is 22.3. The third-order valence-electron chi connectivity index (χ3n) is 22.3. The summed E-state index contributed by atoms with van der Waals surface area (Å²) in [7, 11) is 0. The topological polar surface area (TPSA) is 24.9 Å². The molecule has 0 saturated heterocycles. The first-order valence-electron chi connectivity index (χ1n) is 36.2. The van der Waals surface area contributed by atoms with Gasteiger partial charge in [-0.15, -0.1) is 0 Å². The number of fused-ring (bicyclic) bond motifs is 8. The van der Waals surface area contributed by atoms with Crippen LogP contribution < -0.4 is 19.3 Å². The lowest BCUT2D eigenvalue weighted by atomic mass is 9.67. The Hall–Kier alpha value is -11.7. The molecule has 4 aliphatic rings. The summed E-state index contributed by atoms with van der Waals surface area (Å²) in [6.45, 7) is 13.8. The van der Waals surface area contributed by atoms with Crippen LogP contribution in [0.3, 0.4) is 0 Å². The van der Waals surface area contributed by atoms with Gasteiger partial charge in [-0.2, -0.15) is 0 Å². The highest BCUT2D eigenvalue weighted by Crippen LogP contribution is 2.60. The lowest BCUT2D eigenvalue weighted by molar-refractivity contribution is 0.480. The Bertz CT molecular complexity index is 5150. The summed E-state index contributed by atoms with van der Waals surface area (Å²) in [5, 5.41) is 0. The van der Waals surface area contributed by atoms with E-state index in [-0.39, 0.29) is 10.8 Å². The number of ether oxygens (including phenoxy) is 2. The quantitative estimate of drug-likeness (QED) is 0.102. The van der Waals surface area contributed by atoms with Gasteiger partial charge in [0, 0.05) is 34.1 Å². The number of hydrogen-bond acceptors (Lipinski definition) is 4. The molecule has 0 amide bonds. The predicted molar refractivity (Wildman–Crippen MR) is 421 cm³/mol. The van der Waals surface area contributed by atoms with Crippen molar-refractivity contribution in [3.63, 3.8) is 0 Å². The summed E-state index contributed by atoms with van der Waals surface area (Å²) in [4.78, 5) is 4.83. The van der Waals surface area contributed by atoms with Crippen LogP contribution in [-0.2, 0) is 47.3 Å². The average molecular weight is 1320 g/mol. The first kappa shape index (κ1) is 62.5. The van der Waals surface area contributed by atoms with E-state index in [0.29, 0.717) is 0 Å². The van der Waals surface area contributed by atoms with E-state index in [2.05, 4.69) is 379 Å². The van der Waals surface area contributed by atoms with E-state index >= 15 is 0 Å². The maximum Gasteiger partial charge on any atom is 0.127 e. The molecule has 0 bridgehead atoms. The summed E-state index contributed by atoms with van der Waals surface area (Å²) >= 11 is 0. The Balaban J connectivity index is 0.706. The van der Waals surface area contributed by atoms with Crippen molar-refractivity contribution in [2.75, 3.05) is 9.80 Å². The summed E-state index contributed by atoms with van der Waals surface area (Å²) in [5.41, 5.74) is 30.4. The monoisotopic (exact) mass is 1320 g/mol. The van der Waals surface area contributed by atoms with Gasteiger partial charge < -0.3 is 19.3 Å². The zero-order chi connectivity index (χ0) is 68.9. The SMILES string of the molecule is CC(C)(C)c1ccc(C2(c3ccc(Oc4ccc5c(c4)CC5)cc3)c3ccccc3-c3ccc(N(c4ccccc4)c4ccc(-c5ccc(N(c6ccccc6)c6ccc7c(c6)C(c6ccc(Oc8ccc9c(c8)CC9)cc6)(c6ccc(C(C)(C)C)cc6)c6ccccc6-7)cc5)cc4)cc32)cc1. The van der Waals surface area contributed by atoms with E-state index in [4.69, 9.17) is 9.47 Å². The number of nitrogens with zero attached hydrogens (tertiary/aromatic N) is 2. The second-order valence-corrected chi connectivity index (χ2v) is 30.3. The van der Waals surface area contributed by atoms with E-state index < -0.39 is 10.8 Å². The summed E-state index contributed by atoms with van der Waals surface area (Å²) in [6.07, 6.45) is 4.51. The molecule has 2 atom stereocenters. The number of anilines is 6. The smallest absolute Gasteiger partial charge is 0.127 e. The minimum atomic E-state index is -0.649. The fourth-order valence-electron chi connectivity index (χ4n) is 16.8. The van der Waals surface area contributed by atoms with Gasteiger partial charge in [0.2, 0.25) is 0 Å². The number of hydrogen-bond donors (Lipinski definition) is 0. The average Bonchev–Trinajstić information content (AvgIpc) is 1.53. The third kappa shape index (κ3) is 10.6. The molecule has 0 N–H and O–H groups in total. The zero-order valence-corrected chi connectivity index (χ0v) is 58.7. The normalized spacial score (nSPS) is 15.9. The molecule has 0 aromatic heterocycles. The highest BCUT2D eigenvalue weighted by atomic mass is 16.5. The molecule has 0 heterocycles. The van der Waals surface area contributed by atoms with Crippen molar-refractivity contribution in [3.8, 4) is 56.4 Å². The van der Waals surface area contributed by atoms with E-state index in [1.54, 1.807) is 0 Å². The molecule has 4 nitrogen and oxygen atoms in total. The molecule has 0 fully saturated rings. The molecular formula is C98H80N2O2. The van der Waals surface area contributed by atoms with Crippen LogP contribution in [0.5, 0.6) is 23.0 Å². The molecule has 0 spiro atoms. The fraction of sp³-hybridized carbons (Fsp3) is 0.143. The van der Waals surface area contributed by atoms with Crippen LogP contribution in [0.2, 0.25) is 0 Å². The standard InChI is InChI=1S/C98H80N2O2/c1-95(2,3)71-35-39-73(40-36-71)97(75-43-55-83(56-44-75)101-85-53-33-67-25-27-69(67)61-85)91-23-15-13-21-87(91)89-59-51-81(63-93(89)97)99(77-17-9-7-10-18-77)79-47-29-65(30-48-79)66-31-49-80(50-32-66)100(78-19-11-8-12-20-78)82-52-60-90-88-22-14-16-24-92(88)98(94(90)64-82,74-41-37-72(38-42-74)96(4,5)6)76-45-57-84(58-46-76)102-86-54-34-68-26-28-70(68)62-86/h7-24,29-64H,25-28H2,1-6H3. The van der Waals surface area contributed by atoms with E-state index in [1.165, 1.54) is 100 Å². The number of para-hydroxylation sites is 2. The largest absolute Gasteiger partial charge is 0.457 e. The summed E-state index contributed by atoms with van der Waals surface area (Å²) in [5.74, 6) is 3.41. The zero-order valence-electron chi connectivity index (χ0n) is 58.7. The molecule has 0 aliphatic heterocycles. The van der Waals surface area contributed by atoms with Crippen molar-refractivity contribution in [2.45, 2.75) is 88.9 Å². The van der Waals surface area contributed by atoms with Gasteiger partial charge in [0.1, 0.15) is 23.0 Å². The summed E-state index contributed by atoms with van der Waals surface area (Å²) in [6, 6.07) is 122. The first-order chi connectivity index (χ1) is 49.7. The highest BCUT2D eigenvalue weighted by Gasteiger charge is 2.48. The Morgan fingerprint density at radius 1 is 0.245 bits per heavy atom. The predicted octanol–water partition coefficient (Wildman–Crippen LogP) is 25.4. The van der Waals surface area contributed by atoms with Gasteiger partial charge in [-0.1, -0.05) is 248 Å². The highest BCUT2D eigenvalue weighted by molar-refractivity contribution is 5.92.